The predicted molar refractivity (Wildman–Crippen MR) is 145 cm³/mol. The van der Waals surface area contributed by atoms with Crippen molar-refractivity contribution >= 4 is 51.7 Å². The van der Waals surface area contributed by atoms with Gasteiger partial charge in [0.1, 0.15) is 0 Å². The Morgan fingerprint density at radius 3 is 2.77 bits per heavy atom. The summed E-state index contributed by atoms with van der Waals surface area (Å²) in [4.78, 5) is 33.8. The zero-order chi connectivity index (χ0) is 24.8. The van der Waals surface area contributed by atoms with E-state index in [9.17, 15) is 9.59 Å². The minimum Gasteiger partial charge on any atom is -0.381 e. The third-order valence-corrected chi connectivity index (χ3v) is 6.00. The van der Waals surface area contributed by atoms with Crippen molar-refractivity contribution in [3.63, 3.8) is 0 Å². The summed E-state index contributed by atoms with van der Waals surface area (Å²) in [6, 6.07) is 13.0. The Balaban J connectivity index is 1.39. The molecule has 0 unspecified atom stereocenters. The SMILES string of the molecule is CC(C)COCCCNC(=O)c1ccc(Nc2ncc3c(n2)-c2ccc(I)cc2NC(=O)C3)cc1. The van der Waals surface area contributed by atoms with Crippen LogP contribution in [-0.4, -0.2) is 41.5 Å². The first-order valence-electron chi connectivity index (χ1n) is 11.6. The van der Waals surface area contributed by atoms with Gasteiger partial charge in [0.05, 0.1) is 17.8 Å². The number of carbonyl (C=O) groups is 2. The number of ether oxygens (including phenoxy) is 1. The monoisotopic (exact) mass is 585 g/mol. The maximum absolute atomic E-state index is 12.4. The topological polar surface area (TPSA) is 105 Å². The third-order valence-electron chi connectivity index (χ3n) is 5.33. The molecule has 8 nitrogen and oxygen atoms in total. The van der Waals surface area contributed by atoms with Gasteiger partial charge >= 0.3 is 0 Å². The Bertz CT molecular complexity index is 1210. The molecule has 0 bridgehead atoms. The molecule has 2 heterocycles. The molecule has 3 aromatic rings. The van der Waals surface area contributed by atoms with Gasteiger partial charge in [-0.05, 0) is 77.4 Å². The Labute approximate surface area is 218 Å². The van der Waals surface area contributed by atoms with E-state index in [0.29, 0.717) is 30.6 Å². The molecule has 0 saturated heterocycles. The smallest absolute Gasteiger partial charge is 0.251 e. The van der Waals surface area contributed by atoms with Crippen molar-refractivity contribution in [1.82, 2.24) is 15.3 Å². The summed E-state index contributed by atoms with van der Waals surface area (Å²) < 4.78 is 6.56. The van der Waals surface area contributed by atoms with Crippen molar-refractivity contribution in [3.8, 4) is 11.3 Å². The minimum atomic E-state index is -0.120. The number of hydrogen-bond acceptors (Lipinski definition) is 6. The van der Waals surface area contributed by atoms with Gasteiger partial charge in [0.2, 0.25) is 11.9 Å². The average Bonchev–Trinajstić information content (AvgIpc) is 2.96. The molecule has 2 amide bonds. The second kappa shape index (κ2) is 11.6. The Morgan fingerprint density at radius 1 is 1.20 bits per heavy atom. The van der Waals surface area contributed by atoms with Crippen LogP contribution in [0.1, 0.15) is 36.2 Å². The number of fused-ring (bicyclic) bond motifs is 3. The lowest BCUT2D eigenvalue weighted by Gasteiger charge is -2.11. The summed E-state index contributed by atoms with van der Waals surface area (Å²) in [6.45, 7) is 6.15. The summed E-state index contributed by atoms with van der Waals surface area (Å²) in [5, 5.41) is 9.06. The third kappa shape index (κ3) is 6.76. The first kappa shape index (κ1) is 25.1. The molecule has 1 aromatic heterocycles. The number of amides is 2. The Kier molecular flexibility index (Phi) is 8.29. The normalized spacial score (nSPS) is 12.4. The maximum Gasteiger partial charge on any atom is 0.251 e. The first-order valence-corrected chi connectivity index (χ1v) is 12.7. The summed E-state index contributed by atoms with van der Waals surface area (Å²) in [5.74, 6) is 0.716. The van der Waals surface area contributed by atoms with Crippen LogP contribution in [0.5, 0.6) is 0 Å². The van der Waals surface area contributed by atoms with Crippen molar-refractivity contribution in [1.29, 1.82) is 0 Å². The van der Waals surface area contributed by atoms with Crippen LogP contribution in [0.3, 0.4) is 0 Å². The molecule has 0 spiro atoms. The summed E-state index contributed by atoms with van der Waals surface area (Å²) >= 11 is 2.22. The highest BCUT2D eigenvalue weighted by Crippen LogP contribution is 2.34. The van der Waals surface area contributed by atoms with Gasteiger partial charge in [-0.1, -0.05) is 13.8 Å². The number of rotatable bonds is 9. The number of nitrogens with zero attached hydrogens (tertiary/aromatic N) is 2. The van der Waals surface area contributed by atoms with Gasteiger partial charge in [-0.2, -0.15) is 0 Å². The van der Waals surface area contributed by atoms with Crippen LogP contribution in [0.25, 0.3) is 11.3 Å². The van der Waals surface area contributed by atoms with Gasteiger partial charge in [0.25, 0.3) is 5.91 Å². The summed E-state index contributed by atoms with van der Waals surface area (Å²) in [5.41, 5.74) is 4.43. The average molecular weight is 585 g/mol. The van der Waals surface area contributed by atoms with E-state index in [1.165, 1.54) is 0 Å². The van der Waals surface area contributed by atoms with Crippen molar-refractivity contribution in [2.24, 2.45) is 5.92 Å². The number of anilines is 3. The molecule has 35 heavy (non-hydrogen) atoms. The van der Waals surface area contributed by atoms with E-state index in [2.05, 4.69) is 57.4 Å². The van der Waals surface area contributed by atoms with E-state index in [1.807, 2.05) is 30.3 Å². The van der Waals surface area contributed by atoms with Crippen LogP contribution in [0, 0.1) is 9.49 Å². The number of hydrogen-bond donors (Lipinski definition) is 3. The molecule has 1 aliphatic heterocycles. The van der Waals surface area contributed by atoms with Crippen molar-refractivity contribution < 1.29 is 14.3 Å². The number of carbonyl (C=O) groups excluding carboxylic acids is 2. The van der Waals surface area contributed by atoms with E-state index in [0.717, 1.165) is 44.8 Å². The van der Waals surface area contributed by atoms with E-state index < -0.39 is 0 Å². The number of aromatic nitrogens is 2. The number of halogens is 1. The molecule has 0 saturated carbocycles. The lowest BCUT2D eigenvalue weighted by Crippen LogP contribution is -2.25. The van der Waals surface area contributed by atoms with Crippen LogP contribution in [0.2, 0.25) is 0 Å². The summed E-state index contributed by atoms with van der Waals surface area (Å²) in [6.07, 6.45) is 2.68. The van der Waals surface area contributed by atoms with Gasteiger partial charge in [-0.3, -0.25) is 9.59 Å². The van der Waals surface area contributed by atoms with Crippen LogP contribution in [0.4, 0.5) is 17.3 Å². The van der Waals surface area contributed by atoms with Crippen molar-refractivity contribution in [2.75, 3.05) is 30.4 Å². The zero-order valence-corrected chi connectivity index (χ0v) is 21.9. The van der Waals surface area contributed by atoms with Crippen LogP contribution >= 0.6 is 22.6 Å². The molecule has 182 valence electrons. The maximum atomic E-state index is 12.4. The molecule has 9 heteroatoms. The minimum absolute atomic E-state index is 0.0896. The lowest BCUT2D eigenvalue weighted by atomic mass is 10.1. The fourth-order valence-electron chi connectivity index (χ4n) is 3.65. The zero-order valence-electron chi connectivity index (χ0n) is 19.7. The van der Waals surface area contributed by atoms with Crippen molar-refractivity contribution in [3.05, 3.63) is 63.4 Å². The molecule has 2 aromatic carbocycles. The molecule has 4 rings (SSSR count). The van der Waals surface area contributed by atoms with Gasteiger partial charge in [0.15, 0.2) is 0 Å². The summed E-state index contributed by atoms with van der Waals surface area (Å²) in [7, 11) is 0. The standard InChI is InChI=1S/C26H28IN5O3/c1-16(2)15-35-11-3-10-28-25(34)17-4-7-20(8-5-17)30-26-29-14-18-12-23(33)31-22-13-19(27)6-9-21(22)24(18)32-26/h4-9,13-14,16H,3,10-12,15H2,1-2H3,(H,28,34)(H,31,33)(H,29,30,32). The van der Waals surface area contributed by atoms with E-state index in [4.69, 9.17) is 9.72 Å². The molecular formula is C26H28IN5O3. The Hall–Kier alpha value is -3.05. The van der Waals surface area contributed by atoms with E-state index >= 15 is 0 Å². The van der Waals surface area contributed by atoms with Gasteiger partial charge in [-0.15, -0.1) is 0 Å². The van der Waals surface area contributed by atoms with Crippen LogP contribution in [0.15, 0.2) is 48.7 Å². The largest absolute Gasteiger partial charge is 0.381 e. The molecule has 0 fully saturated rings. The van der Waals surface area contributed by atoms with Gasteiger partial charge in [0, 0.05) is 51.9 Å². The van der Waals surface area contributed by atoms with Gasteiger partial charge in [-0.25, -0.2) is 9.97 Å². The highest BCUT2D eigenvalue weighted by molar-refractivity contribution is 14.1. The Morgan fingerprint density at radius 2 is 2.00 bits per heavy atom. The highest BCUT2D eigenvalue weighted by atomic mass is 127. The second-order valence-corrected chi connectivity index (χ2v) is 10.0. The molecule has 0 atom stereocenters. The molecule has 3 N–H and O–H groups in total. The van der Waals surface area contributed by atoms with Crippen LogP contribution in [-0.2, 0) is 16.0 Å². The van der Waals surface area contributed by atoms with E-state index in [1.54, 1.807) is 18.3 Å². The second-order valence-electron chi connectivity index (χ2n) is 8.76. The van der Waals surface area contributed by atoms with Crippen LogP contribution < -0.4 is 16.0 Å². The molecule has 1 aliphatic rings. The molecule has 0 radical (unpaired) electrons. The van der Waals surface area contributed by atoms with E-state index in [-0.39, 0.29) is 18.2 Å². The first-order chi connectivity index (χ1) is 16.9. The fourth-order valence-corrected chi connectivity index (χ4v) is 4.15. The number of nitrogens with one attached hydrogen (secondary N) is 3. The molecule has 0 aliphatic carbocycles. The quantitative estimate of drug-likeness (QED) is 0.247. The predicted octanol–water partition coefficient (Wildman–Crippen LogP) is 4.78. The number of benzene rings is 2. The lowest BCUT2D eigenvalue weighted by molar-refractivity contribution is -0.115. The fraction of sp³-hybridized carbons (Fsp3) is 0.308. The van der Waals surface area contributed by atoms with Gasteiger partial charge < -0.3 is 20.7 Å². The van der Waals surface area contributed by atoms with Crippen molar-refractivity contribution in [2.45, 2.75) is 26.7 Å². The highest BCUT2D eigenvalue weighted by Gasteiger charge is 2.21. The molecular weight excluding hydrogens is 557 g/mol.